The van der Waals surface area contributed by atoms with Gasteiger partial charge in [-0.3, -0.25) is 9.59 Å². The summed E-state index contributed by atoms with van der Waals surface area (Å²) in [5.74, 6) is -1.31. The minimum atomic E-state index is -1.33. The van der Waals surface area contributed by atoms with Crippen LogP contribution >= 0.6 is 0 Å². The molecule has 10 heteroatoms. The number of phenolic OH excluding ortho intramolecular Hbond substituents is 1. The van der Waals surface area contributed by atoms with Gasteiger partial charge in [-0.05, 0) is 59.5 Å². The molecule has 200 valence electrons. The number of carboxylic acid groups (broad SMARTS) is 1. The summed E-state index contributed by atoms with van der Waals surface area (Å²) in [5.41, 5.74) is 7.69. The first-order valence-electron chi connectivity index (χ1n) is 11.7. The van der Waals surface area contributed by atoms with Gasteiger partial charge in [0.2, 0.25) is 11.7 Å². The van der Waals surface area contributed by atoms with Crippen molar-refractivity contribution in [1.29, 1.82) is 0 Å². The third kappa shape index (κ3) is 6.52. The second-order valence-corrected chi connectivity index (χ2v) is 8.45. The van der Waals surface area contributed by atoms with Crippen molar-refractivity contribution >= 4 is 17.8 Å². The van der Waals surface area contributed by atoms with Crippen molar-refractivity contribution in [1.82, 2.24) is 4.90 Å². The summed E-state index contributed by atoms with van der Waals surface area (Å²) < 4.78 is 16.1. The number of methoxy groups -OCH3 is 3. The predicted octanol–water partition coefficient (Wildman–Crippen LogP) is 3.45. The zero-order chi connectivity index (χ0) is 27.8. The van der Waals surface area contributed by atoms with E-state index >= 15 is 0 Å². The highest BCUT2D eigenvalue weighted by Crippen LogP contribution is 2.38. The van der Waals surface area contributed by atoms with Crippen LogP contribution in [0.25, 0.3) is 11.1 Å². The van der Waals surface area contributed by atoms with Crippen LogP contribution in [0.3, 0.4) is 0 Å². The van der Waals surface area contributed by atoms with E-state index in [1.165, 1.54) is 26.2 Å². The lowest BCUT2D eigenvalue weighted by molar-refractivity contribution is -0.143. The number of carbonyl (C=O) groups is 3. The van der Waals surface area contributed by atoms with Crippen LogP contribution in [-0.2, 0) is 16.1 Å². The lowest BCUT2D eigenvalue weighted by Gasteiger charge is -2.29. The van der Waals surface area contributed by atoms with Crippen molar-refractivity contribution < 1.29 is 38.8 Å². The molecule has 0 spiro atoms. The molecule has 3 aromatic carbocycles. The standard InChI is InChI=1S/C28H30N2O8/c1-36-23-14-17(15-24(37-2)26(23)38-3)16-30(22(28(34)35)12-13-25(29)32)27(33)20-6-4-18(5-7-20)19-8-10-21(31)11-9-19/h4-11,14-15,22,31H,12-13,16H2,1-3H3,(H2,29,32)(H,34,35)/t22-/m0/s1. The molecule has 0 saturated carbocycles. The predicted molar refractivity (Wildman–Crippen MR) is 139 cm³/mol. The molecule has 0 heterocycles. The number of phenols is 1. The maximum atomic E-state index is 13.7. The van der Waals surface area contributed by atoms with Crippen molar-refractivity contribution in [3.05, 3.63) is 71.8 Å². The highest BCUT2D eigenvalue weighted by Gasteiger charge is 2.31. The van der Waals surface area contributed by atoms with Gasteiger partial charge in [0.1, 0.15) is 11.8 Å². The Labute approximate surface area is 220 Å². The van der Waals surface area contributed by atoms with E-state index in [9.17, 15) is 24.6 Å². The van der Waals surface area contributed by atoms with E-state index in [1.807, 2.05) is 0 Å². The van der Waals surface area contributed by atoms with Crippen LogP contribution in [0.2, 0.25) is 0 Å². The molecule has 0 fully saturated rings. The normalized spacial score (nSPS) is 11.3. The summed E-state index contributed by atoms with van der Waals surface area (Å²) in [6.45, 7) is -0.120. The number of rotatable bonds is 12. The maximum Gasteiger partial charge on any atom is 0.326 e. The highest BCUT2D eigenvalue weighted by molar-refractivity contribution is 5.97. The number of hydrogen-bond acceptors (Lipinski definition) is 7. The first-order chi connectivity index (χ1) is 18.2. The lowest BCUT2D eigenvalue weighted by atomic mass is 10.0. The molecule has 4 N–H and O–H groups in total. The van der Waals surface area contributed by atoms with Gasteiger partial charge < -0.3 is 35.1 Å². The second kappa shape index (κ2) is 12.5. The summed E-state index contributed by atoms with van der Waals surface area (Å²) in [7, 11) is 4.36. The zero-order valence-corrected chi connectivity index (χ0v) is 21.3. The summed E-state index contributed by atoms with van der Waals surface area (Å²) in [6, 6.07) is 15.2. The third-order valence-electron chi connectivity index (χ3n) is 6.00. The minimum absolute atomic E-state index is 0.120. The number of aliphatic carboxylic acids is 1. The van der Waals surface area contributed by atoms with Gasteiger partial charge in [-0.1, -0.05) is 24.3 Å². The number of nitrogens with zero attached hydrogens (tertiary/aromatic N) is 1. The van der Waals surface area contributed by atoms with Gasteiger partial charge in [-0.15, -0.1) is 0 Å². The number of primary amides is 1. The molecule has 0 unspecified atom stereocenters. The van der Waals surface area contributed by atoms with Gasteiger partial charge in [0.15, 0.2) is 11.5 Å². The Bertz CT molecular complexity index is 1260. The Balaban J connectivity index is 2.01. The molecule has 0 aliphatic heterocycles. The smallest absolute Gasteiger partial charge is 0.326 e. The fourth-order valence-electron chi connectivity index (χ4n) is 4.06. The van der Waals surface area contributed by atoms with Gasteiger partial charge in [0.05, 0.1) is 21.3 Å². The minimum Gasteiger partial charge on any atom is -0.508 e. The molecular formula is C28H30N2O8. The van der Waals surface area contributed by atoms with E-state index in [0.717, 1.165) is 11.1 Å². The average Bonchev–Trinajstić information content (AvgIpc) is 2.91. The molecule has 1 atom stereocenters. The van der Waals surface area contributed by atoms with Crippen molar-refractivity contribution in [3.63, 3.8) is 0 Å². The molecule has 2 amide bonds. The summed E-state index contributed by atoms with van der Waals surface area (Å²) in [5, 5.41) is 19.5. The number of ether oxygens (including phenoxy) is 3. The van der Waals surface area contributed by atoms with Gasteiger partial charge in [-0.2, -0.15) is 0 Å². The Morgan fingerprint density at radius 3 is 1.84 bits per heavy atom. The van der Waals surface area contributed by atoms with Crippen LogP contribution < -0.4 is 19.9 Å². The topological polar surface area (TPSA) is 149 Å². The molecule has 38 heavy (non-hydrogen) atoms. The molecule has 3 aromatic rings. The van der Waals surface area contributed by atoms with Crippen LogP contribution in [0.4, 0.5) is 0 Å². The number of hydrogen-bond donors (Lipinski definition) is 3. The van der Waals surface area contributed by atoms with Crippen molar-refractivity contribution in [2.75, 3.05) is 21.3 Å². The Morgan fingerprint density at radius 1 is 0.868 bits per heavy atom. The fourth-order valence-corrected chi connectivity index (χ4v) is 4.06. The summed E-state index contributed by atoms with van der Waals surface area (Å²) in [6.07, 6.45) is -0.373. The Hall–Kier alpha value is -4.73. The molecule has 0 radical (unpaired) electrons. The van der Waals surface area contributed by atoms with Gasteiger partial charge in [0.25, 0.3) is 5.91 Å². The van der Waals surface area contributed by atoms with E-state index in [1.54, 1.807) is 60.7 Å². The van der Waals surface area contributed by atoms with Crippen LogP contribution in [0, 0.1) is 0 Å². The number of carboxylic acids is 1. The van der Waals surface area contributed by atoms with Crippen LogP contribution in [-0.4, -0.2) is 60.3 Å². The highest BCUT2D eigenvalue weighted by atomic mass is 16.5. The molecule has 3 rings (SSSR count). The third-order valence-corrected chi connectivity index (χ3v) is 6.00. The molecule has 10 nitrogen and oxygen atoms in total. The average molecular weight is 523 g/mol. The van der Waals surface area contributed by atoms with E-state index in [-0.39, 0.29) is 30.7 Å². The zero-order valence-electron chi connectivity index (χ0n) is 21.3. The largest absolute Gasteiger partial charge is 0.508 e. The molecule has 0 saturated heterocycles. The fraction of sp³-hybridized carbons (Fsp3) is 0.250. The Morgan fingerprint density at radius 2 is 1.39 bits per heavy atom. The number of benzene rings is 3. The second-order valence-electron chi connectivity index (χ2n) is 8.45. The molecule has 0 bridgehead atoms. The number of aromatic hydroxyl groups is 1. The van der Waals surface area contributed by atoms with E-state index in [4.69, 9.17) is 19.9 Å². The van der Waals surface area contributed by atoms with Gasteiger partial charge in [-0.25, -0.2) is 4.79 Å². The SMILES string of the molecule is COc1cc(CN(C(=O)c2ccc(-c3ccc(O)cc3)cc2)[C@@H](CCC(N)=O)C(=O)O)cc(OC)c1OC. The maximum absolute atomic E-state index is 13.7. The molecular weight excluding hydrogens is 492 g/mol. The van der Waals surface area contributed by atoms with Gasteiger partial charge in [0, 0.05) is 18.5 Å². The summed E-state index contributed by atoms with van der Waals surface area (Å²) >= 11 is 0. The number of nitrogens with two attached hydrogens (primary N) is 1. The Kier molecular flexibility index (Phi) is 9.15. The first-order valence-corrected chi connectivity index (χ1v) is 11.7. The quantitative estimate of drug-likeness (QED) is 0.328. The van der Waals surface area contributed by atoms with E-state index in [0.29, 0.717) is 22.8 Å². The summed E-state index contributed by atoms with van der Waals surface area (Å²) in [4.78, 5) is 38.6. The molecule has 0 aliphatic carbocycles. The van der Waals surface area contributed by atoms with E-state index < -0.39 is 23.8 Å². The van der Waals surface area contributed by atoms with Crippen molar-refractivity contribution in [2.45, 2.75) is 25.4 Å². The van der Waals surface area contributed by atoms with Crippen molar-refractivity contribution in [3.8, 4) is 34.1 Å². The lowest BCUT2D eigenvalue weighted by Crippen LogP contribution is -2.45. The van der Waals surface area contributed by atoms with E-state index in [2.05, 4.69) is 0 Å². The van der Waals surface area contributed by atoms with Gasteiger partial charge >= 0.3 is 5.97 Å². The monoisotopic (exact) mass is 522 g/mol. The first kappa shape index (κ1) is 27.9. The van der Waals surface area contributed by atoms with Crippen LogP contribution in [0.15, 0.2) is 60.7 Å². The number of carbonyl (C=O) groups excluding carboxylic acids is 2. The molecule has 0 aromatic heterocycles. The van der Waals surface area contributed by atoms with Crippen LogP contribution in [0.1, 0.15) is 28.8 Å². The number of amides is 2. The van der Waals surface area contributed by atoms with Crippen molar-refractivity contribution in [2.24, 2.45) is 5.73 Å². The molecule has 0 aliphatic rings. The van der Waals surface area contributed by atoms with Crippen LogP contribution in [0.5, 0.6) is 23.0 Å².